The lowest BCUT2D eigenvalue weighted by Crippen LogP contribution is -2.38. The molecule has 0 atom stereocenters. The van der Waals surface area contributed by atoms with Gasteiger partial charge in [0.1, 0.15) is 13.2 Å². The highest BCUT2D eigenvalue weighted by molar-refractivity contribution is 7.85. The van der Waals surface area contributed by atoms with Crippen molar-refractivity contribution in [3.63, 3.8) is 0 Å². The zero-order valence-electron chi connectivity index (χ0n) is 11.5. The third-order valence-corrected chi connectivity index (χ3v) is 4.42. The van der Waals surface area contributed by atoms with Crippen molar-refractivity contribution in [1.82, 2.24) is 9.21 Å². The van der Waals surface area contributed by atoms with Gasteiger partial charge in [0, 0.05) is 0 Å². The maximum Gasteiger partial charge on any atom is 0.366 e. The van der Waals surface area contributed by atoms with Gasteiger partial charge in [-0.2, -0.15) is 12.7 Å². The second kappa shape index (κ2) is 6.82. The summed E-state index contributed by atoms with van der Waals surface area (Å²) in [5, 5.41) is 0. The van der Waals surface area contributed by atoms with Crippen LogP contribution in [-0.4, -0.2) is 46.5 Å². The molecule has 3 amide bonds. The monoisotopic (exact) mass is 400 g/mol. The number of benzene rings is 1. The van der Waals surface area contributed by atoms with Crippen LogP contribution in [0.3, 0.4) is 0 Å². The smallest absolute Gasteiger partial charge is 0.272 e. The van der Waals surface area contributed by atoms with E-state index in [0.29, 0.717) is 9.87 Å². The van der Waals surface area contributed by atoms with Crippen molar-refractivity contribution < 1.29 is 22.2 Å². The van der Waals surface area contributed by atoms with Gasteiger partial charge < -0.3 is 0 Å². The van der Waals surface area contributed by atoms with Crippen LogP contribution in [0.2, 0.25) is 0 Å². The normalized spacial score (nSPS) is 16.3. The number of halogens is 3. The molecular formula is C12H11Cl3N2O5S. The molecule has 1 aliphatic heterocycles. The lowest BCUT2D eigenvalue weighted by molar-refractivity contribution is -0.125. The molecule has 0 aliphatic carbocycles. The van der Waals surface area contributed by atoms with Gasteiger partial charge in [-0.05, 0) is 5.56 Å². The molecule has 1 saturated heterocycles. The first-order valence-corrected chi connectivity index (χ1v) is 8.72. The van der Waals surface area contributed by atoms with E-state index in [1.54, 1.807) is 30.3 Å². The van der Waals surface area contributed by atoms with E-state index in [-0.39, 0.29) is 6.54 Å². The number of urea groups is 1. The Morgan fingerprint density at radius 2 is 1.74 bits per heavy atom. The second-order valence-corrected chi connectivity index (χ2v) is 8.64. The molecule has 23 heavy (non-hydrogen) atoms. The molecule has 11 heteroatoms. The summed E-state index contributed by atoms with van der Waals surface area (Å²) in [6.45, 7) is -1.49. The fraction of sp³-hybridized carbons (Fsp3) is 0.333. The molecule has 0 unspecified atom stereocenters. The largest absolute Gasteiger partial charge is 0.366 e. The van der Waals surface area contributed by atoms with Gasteiger partial charge in [-0.25, -0.2) is 8.98 Å². The number of rotatable bonds is 5. The molecule has 0 spiro atoms. The van der Waals surface area contributed by atoms with Gasteiger partial charge in [-0.1, -0.05) is 65.1 Å². The van der Waals surface area contributed by atoms with Crippen molar-refractivity contribution >= 4 is 57.0 Å². The predicted molar refractivity (Wildman–Crippen MR) is 84.3 cm³/mol. The van der Waals surface area contributed by atoms with Gasteiger partial charge in [-0.3, -0.25) is 9.69 Å². The van der Waals surface area contributed by atoms with Gasteiger partial charge in [-0.15, -0.1) is 0 Å². The van der Waals surface area contributed by atoms with Gasteiger partial charge >= 0.3 is 16.3 Å². The molecule has 0 saturated carbocycles. The average Bonchev–Trinajstić information content (AvgIpc) is 2.75. The zero-order valence-corrected chi connectivity index (χ0v) is 14.6. The van der Waals surface area contributed by atoms with E-state index in [1.165, 1.54) is 0 Å². The molecule has 1 aromatic rings. The van der Waals surface area contributed by atoms with Crippen LogP contribution in [-0.2, 0) is 25.8 Å². The Bertz CT molecular complexity index is 705. The van der Waals surface area contributed by atoms with E-state index >= 15 is 0 Å². The molecule has 0 bridgehead atoms. The number of nitrogens with zero attached hydrogens (tertiary/aromatic N) is 2. The summed E-state index contributed by atoms with van der Waals surface area (Å²) in [5.41, 5.74) is 0.677. The summed E-state index contributed by atoms with van der Waals surface area (Å²) in [7, 11) is -4.53. The highest BCUT2D eigenvalue weighted by atomic mass is 35.6. The molecule has 1 aromatic carbocycles. The fourth-order valence-corrected chi connectivity index (χ4v) is 3.19. The van der Waals surface area contributed by atoms with E-state index in [0.717, 1.165) is 4.90 Å². The third-order valence-electron chi connectivity index (χ3n) is 2.85. The number of carbonyl (C=O) groups is 2. The molecular weight excluding hydrogens is 391 g/mol. The first-order valence-electron chi connectivity index (χ1n) is 6.22. The van der Waals surface area contributed by atoms with E-state index in [2.05, 4.69) is 4.18 Å². The molecule has 0 radical (unpaired) electrons. The maximum absolute atomic E-state index is 12.2. The molecule has 1 aliphatic rings. The number of amides is 3. The molecule has 0 N–H and O–H groups in total. The zero-order chi connectivity index (χ0) is 17.3. The molecule has 7 nitrogen and oxygen atoms in total. The van der Waals surface area contributed by atoms with Crippen LogP contribution in [0.4, 0.5) is 4.79 Å². The van der Waals surface area contributed by atoms with Crippen LogP contribution in [0, 0.1) is 0 Å². The maximum atomic E-state index is 12.2. The van der Waals surface area contributed by atoms with Crippen molar-refractivity contribution in [3.8, 4) is 0 Å². The van der Waals surface area contributed by atoms with Crippen LogP contribution < -0.4 is 0 Å². The quantitative estimate of drug-likeness (QED) is 0.557. The van der Waals surface area contributed by atoms with Crippen LogP contribution in [0.5, 0.6) is 0 Å². The highest BCUT2D eigenvalue weighted by Crippen LogP contribution is 2.28. The Balaban J connectivity index is 2.11. The molecule has 2 rings (SSSR count). The van der Waals surface area contributed by atoms with Crippen LogP contribution in [0.15, 0.2) is 30.3 Å². The molecule has 126 valence electrons. The Morgan fingerprint density at radius 3 is 2.30 bits per heavy atom. The topological polar surface area (TPSA) is 84.0 Å². The van der Waals surface area contributed by atoms with E-state index in [4.69, 9.17) is 34.8 Å². The Labute approximate surface area is 147 Å². The number of hydrogen-bond donors (Lipinski definition) is 0. The predicted octanol–water partition coefficient (Wildman–Crippen LogP) is 2.08. The summed E-state index contributed by atoms with van der Waals surface area (Å²) < 4.78 is 26.8. The van der Waals surface area contributed by atoms with Crippen LogP contribution in [0.25, 0.3) is 0 Å². The van der Waals surface area contributed by atoms with Gasteiger partial charge in [0.2, 0.25) is 3.79 Å². The first kappa shape index (κ1) is 18.3. The second-order valence-electron chi connectivity index (χ2n) is 4.59. The number of imide groups is 1. The van der Waals surface area contributed by atoms with Crippen molar-refractivity contribution in [2.24, 2.45) is 0 Å². The summed E-state index contributed by atoms with van der Waals surface area (Å²) in [6.07, 6.45) is 0. The summed E-state index contributed by atoms with van der Waals surface area (Å²) in [6, 6.07) is 7.65. The molecule has 1 heterocycles. The molecule has 1 fully saturated rings. The van der Waals surface area contributed by atoms with Crippen molar-refractivity contribution in [3.05, 3.63) is 35.9 Å². The van der Waals surface area contributed by atoms with E-state index in [1.807, 2.05) is 0 Å². The van der Waals surface area contributed by atoms with Crippen molar-refractivity contribution in [2.75, 3.05) is 13.2 Å². The van der Waals surface area contributed by atoms with Crippen molar-refractivity contribution in [2.45, 2.75) is 10.3 Å². The van der Waals surface area contributed by atoms with Gasteiger partial charge in [0.25, 0.3) is 5.91 Å². The Hall–Kier alpha value is -1.06. The number of hydrogen-bond acceptors (Lipinski definition) is 5. The van der Waals surface area contributed by atoms with E-state index < -0.39 is 39.2 Å². The number of alkyl halides is 3. The fourth-order valence-electron chi connectivity index (χ4n) is 1.82. The average molecular weight is 402 g/mol. The number of carbonyl (C=O) groups excluding carboxylic acids is 2. The van der Waals surface area contributed by atoms with Gasteiger partial charge in [0.15, 0.2) is 0 Å². The van der Waals surface area contributed by atoms with Crippen molar-refractivity contribution in [1.29, 1.82) is 0 Å². The summed E-state index contributed by atoms with van der Waals surface area (Å²) in [4.78, 5) is 24.9. The first-order chi connectivity index (χ1) is 10.6. The minimum atomic E-state index is -4.53. The minimum Gasteiger partial charge on any atom is -0.272 e. The summed E-state index contributed by atoms with van der Waals surface area (Å²) >= 11 is 16.2. The van der Waals surface area contributed by atoms with Gasteiger partial charge in [0.05, 0.1) is 6.54 Å². The molecule has 0 aromatic heterocycles. The van der Waals surface area contributed by atoms with Crippen LogP contribution >= 0.6 is 34.8 Å². The van der Waals surface area contributed by atoms with E-state index in [9.17, 15) is 18.0 Å². The third kappa shape index (κ3) is 4.71. The van der Waals surface area contributed by atoms with Crippen LogP contribution in [0.1, 0.15) is 5.56 Å². The highest BCUT2D eigenvalue weighted by Gasteiger charge is 2.44. The Morgan fingerprint density at radius 1 is 1.13 bits per heavy atom. The standard InChI is InChI=1S/C12H11Cl3N2O5S/c13-12(14,15)8-22-23(20,21)17-7-10(18)16(11(17)19)6-9-4-2-1-3-5-9/h1-5H,6-8H2. The minimum absolute atomic E-state index is 0.0466. The lowest BCUT2D eigenvalue weighted by Gasteiger charge is -2.18. The summed E-state index contributed by atoms with van der Waals surface area (Å²) in [5.74, 6) is -0.667. The Kier molecular flexibility index (Phi) is 5.42. The SMILES string of the molecule is O=C1CN(S(=O)(=O)OCC(Cl)(Cl)Cl)C(=O)N1Cc1ccccc1. The lowest BCUT2D eigenvalue weighted by atomic mass is 10.2.